The summed E-state index contributed by atoms with van der Waals surface area (Å²) >= 11 is 0. The van der Waals surface area contributed by atoms with Crippen LogP contribution in [-0.4, -0.2) is 35.5 Å². The molecule has 114 valence electrons. The lowest BCUT2D eigenvalue weighted by molar-refractivity contribution is -0.123. The van der Waals surface area contributed by atoms with Crippen LogP contribution in [0.1, 0.15) is 44.6 Å². The SMILES string of the molecule is CN1[C@H](Cc2ccccc2)C[C@]2(C)NC(=O)CCCC[C@H]12. The Bertz CT molecular complexity index is 501. The molecule has 1 amide bonds. The highest BCUT2D eigenvalue weighted by Crippen LogP contribution is 2.37. The van der Waals surface area contributed by atoms with Crippen molar-refractivity contribution in [3.8, 4) is 0 Å². The van der Waals surface area contributed by atoms with Crippen molar-refractivity contribution in [2.45, 2.75) is 63.1 Å². The summed E-state index contributed by atoms with van der Waals surface area (Å²) in [5.41, 5.74) is 1.32. The first-order valence-corrected chi connectivity index (χ1v) is 8.15. The maximum Gasteiger partial charge on any atom is 0.220 e. The molecule has 0 radical (unpaired) electrons. The lowest BCUT2D eigenvalue weighted by Crippen LogP contribution is -2.54. The van der Waals surface area contributed by atoms with Gasteiger partial charge in [0.25, 0.3) is 0 Å². The maximum absolute atomic E-state index is 12.0. The second-order valence-corrected chi connectivity index (χ2v) is 6.94. The molecular formula is C18H26N2O. The van der Waals surface area contributed by atoms with Gasteiger partial charge in [0.05, 0.1) is 5.54 Å². The largest absolute Gasteiger partial charge is 0.349 e. The number of amides is 1. The zero-order valence-electron chi connectivity index (χ0n) is 13.1. The molecule has 1 aromatic carbocycles. The Morgan fingerprint density at radius 3 is 2.81 bits per heavy atom. The van der Waals surface area contributed by atoms with Crippen LogP contribution < -0.4 is 5.32 Å². The van der Waals surface area contributed by atoms with Gasteiger partial charge >= 0.3 is 0 Å². The summed E-state index contributed by atoms with van der Waals surface area (Å²) in [6.07, 6.45) is 6.19. The Kier molecular flexibility index (Phi) is 4.03. The standard InChI is InChI=1S/C18H26N2O/c1-18-13-15(12-14-8-4-3-5-9-14)20(2)16(18)10-6-7-11-17(21)19-18/h3-5,8-9,15-16H,6-7,10-13H2,1-2H3,(H,19,21)/t15-,16+,18+/m1/s1. The minimum absolute atomic E-state index is 0.0638. The third-order valence-electron chi connectivity index (χ3n) is 5.33. The average molecular weight is 286 g/mol. The minimum atomic E-state index is -0.0638. The normalized spacial score (nSPS) is 33.9. The molecule has 3 atom stereocenters. The highest BCUT2D eigenvalue weighted by Gasteiger charge is 2.48. The monoisotopic (exact) mass is 286 g/mol. The minimum Gasteiger partial charge on any atom is -0.349 e. The molecule has 2 aliphatic rings. The quantitative estimate of drug-likeness (QED) is 0.906. The number of hydrogen-bond donors (Lipinski definition) is 1. The van der Waals surface area contributed by atoms with Crippen LogP contribution in [0.25, 0.3) is 0 Å². The third kappa shape index (κ3) is 2.98. The van der Waals surface area contributed by atoms with Crippen molar-refractivity contribution >= 4 is 5.91 Å². The van der Waals surface area contributed by atoms with Gasteiger partial charge in [-0.1, -0.05) is 36.8 Å². The van der Waals surface area contributed by atoms with E-state index in [0.717, 1.165) is 25.7 Å². The molecule has 2 fully saturated rings. The molecule has 1 aromatic rings. The van der Waals surface area contributed by atoms with Gasteiger partial charge < -0.3 is 5.32 Å². The van der Waals surface area contributed by atoms with Crippen LogP contribution in [0.15, 0.2) is 30.3 Å². The highest BCUT2D eigenvalue weighted by atomic mass is 16.1. The van der Waals surface area contributed by atoms with Crippen molar-refractivity contribution in [1.29, 1.82) is 0 Å². The van der Waals surface area contributed by atoms with Gasteiger partial charge in [0.15, 0.2) is 0 Å². The fraction of sp³-hybridized carbons (Fsp3) is 0.611. The van der Waals surface area contributed by atoms with E-state index >= 15 is 0 Å². The van der Waals surface area contributed by atoms with Crippen LogP contribution in [0.3, 0.4) is 0 Å². The maximum atomic E-state index is 12.0. The Morgan fingerprint density at radius 2 is 2.05 bits per heavy atom. The molecule has 2 aliphatic heterocycles. The van der Waals surface area contributed by atoms with Crippen molar-refractivity contribution < 1.29 is 4.79 Å². The molecule has 1 N–H and O–H groups in total. The van der Waals surface area contributed by atoms with Gasteiger partial charge in [0.1, 0.15) is 0 Å². The lowest BCUT2D eigenvalue weighted by atomic mass is 9.85. The molecular weight excluding hydrogens is 260 g/mol. The average Bonchev–Trinajstić information content (AvgIpc) is 2.65. The fourth-order valence-corrected chi connectivity index (χ4v) is 4.24. The van der Waals surface area contributed by atoms with Crippen LogP contribution in [0.5, 0.6) is 0 Å². The summed E-state index contributed by atoms with van der Waals surface area (Å²) in [6.45, 7) is 2.24. The molecule has 3 nitrogen and oxygen atoms in total. The van der Waals surface area contributed by atoms with Crippen LogP contribution in [0.4, 0.5) is 0 Å². The lowest BCUT2D eigenvalue weighted by Gasteiger charge is -2.36. The fourth-order valence-electron chi connectivity index (χ4n) is 4.24. The number of rotatable bonds is 2. The van der Waals surface area contributed by atoms with Crippen molar-refractivity contribution in [2.75, 3.05) is 7.05 Å². The van der Waals surface area contributed by atoms with Gasteiger partial charge in [-0.15, -0.1) is 0 Å². The van der Waals surface area contributed by atoms with Crippen molar-refractivity contribution in [2.24, 2.45) is 0 Å². The van der Waals surface area contributed by atoms with Gasteiger partial charge in [-0.3, -0.25) is 9.69 Å². The van der Waals surface area contributed by atoms with E-state index in [-0.39, 0.29) is 11.4 Å². The number of nitrogens with one attached hydrogen (secondary N) is 1. The molecule has 3 rings (SSSR count). The number of fused-ring (bicyclic) bond motifs is 1. The summed E-state index contributed by atoms with van der Waals surface area (Å²) in [6, 6.07) is 11.7. The summed E-state index contributed by atoms with van der Waals surface area (Å²) in [5, 5.41) is 3.32. The Morgan fingerprint density at radius 1 is 1.29 bits per heavy atom. The first-order chi connectivity index (χ1) is 10.1. The van der Waals surface area contributed by atoms with E-state index in [9.17, 15) is 4.79 Å². The number of hydrogen-bond acceptors (Lipinski definition) is 2. The summed E-state index contributed by atoms with van der Waals surface area (Å²) < 4.78 is 0. The van der Waals surface area contributed by atoms with Gasteiger partial charge in [-0.25, -0.2) is 0 Å². The van der Waals surface area contributed by atoms with Crippen molar-refractivity contribution in [3.05, 3.63) is 35.9 Å². The van der Waals surface area contributed by atoms with E-state index < -0.39 is 0 Å². The van der Waals surface area contributed by atoms with E-state index in [0.29, 0.717) is 18.5 Å². The molecule has 0 spiro atoms. The summed E-state index contributed by atoms with van der Waals surface area (Å²) in [7, 11) is 2.23. The van der Waals surface area contributed by atoms with Gasteiger partial charge in [0.2, 0.25) is 5.91 Å². The molecule has 0 aromatic heterocycles. The number of carbonyl (C=O) groups excluding carboxylic acids is 1. The zero-order valence-corrected chi connectivity index (χ0v) is 13.1. The first-order valence-electron chi connectivity index (χ1n) is 8.15. The van der Waals surface area contributed by atoms with Gasteiger partial charge in [-0.2, -0.15) is 0 Å². The summed E-state index contributed by atoms with van der Waals surface area (Å²) in [4.78, 5) is 14.5. The number of carbonyl (C=O) groups is 1. The zero-order chi connectivity index (χ0) is 14.9. The van der Waals surface area contributed by atoms with Crippen LogP contribution >= 0.6 is 0 Å². The molecule has 3 heteroatoms. The molecule has 2 saturated heterocycles. The van der Waals surface area contributed by atoms with E-state index in [1.165, 1.54) is 12.0 Å². The third-order valence-corrected chi connectivity index (χ3v) is 5.33. The molecule has 21 heavy (non-hydrogen) atoms. The van der Waals surface area contributed by atoms with Gasteiger partial charge in [0, 0.05) is 18.5 Å². The second-order valence-electron chi connectivity index (χ2n) is 6.94. The molecule has 2 heterocycles. The number of benzene rings is 1. The van der Waals surface area contributed by atoms with Crippen molar-refractivity contribution in [3.63, 3.8) is 0 Å². The van der Waals surface area contributed by atoms with E-state index in [2.05, 4.69) is 54.5 Å². The smallest absolute Gasteiger partial charge is 0.220 e. The Hall–Kier alpha value is -1.35. The van der Waals surface area contributed by atoms with Crippen LogP contribution in [0.2, 0.25) is 0 Å². The number of nitrogens with zero attached hydrogens (tertiary/aromatic N) is 1. The topological polar surface area (TPSA) is 32.3 Å². The van der Waals surface area contributed by atoms with Crippen molar-refractivity contribution in [1.82, 2.24) is 10.2 Å². The number of likely N-dealkylation sites (tertiary alicyclic amines) is 1. The second kappa shape index (κ2) is 5.80. The Labute approximate surface area is 127 Å². The van der Waals surface area contributed by atoms with E-state index in [1.54, 1.807) is 0 Å². The predicted octanol–water partition coefficient (Wildman–Crippen LogP) is 2.75. The summed E-state index contributed by atoms with van der Waals surface area (Å²) in [5.74, 6) is 0.232. The number of likely N-dealkylation sites (N-methyl/N-ethyl adjacent to an activating group) is 1. The van der Waals surface area contributed by atoms with Crippen LogP contribution in [-0.2, 0) is 11.2 Å². The highest BCUT2D eigenvalue weighted by molar-refractivity contribution is 5.77. The molecule has 0 saturated carbocycles. The van der Waals surface area contributed by atoms with E-state index in [4.69, 9.17) is 0 Å². The van der Waals surface area contributed by atoms with E-state index in [1.807, 2.05) is 0 Å². The molecule has 0 bridgehead atoms. The molecule has 0 unspecified atom stereocenters. The molecule has 0 aliphatic carbocycles. The van der Waals surface area contributed by atoms with Crippen LogP contribution in [0, 0.1) is 0 Å². The van der Waals surface area contributed by atoms with Gasteiger partial charge in [-0.05, 0) is 45.2 Å². The predicted molar refractivity (Wildman–Crippen MR) is 85.1 cm³/mol. The first kappa shape index (κ1) is 14.6. The Balaban J connectivity index is 1.78.